The lowest BCUT2D eigenvalue weighted by atomic mass is 10.0. The van der Waals surface area contributed by atoms with E-state index >= 15 is 0 Å². The van der Waals surface area contributed by atoms with E-state index in [0.717, 1.165) is 62.0 Å². The largest absolute Gasteiger partial charge is 0.465 e. The molecule has 2 aliphatic rings. The smallest absolute Gasteiger partial charge is 0.433 e. The van der Waals surface area contributed by atoms with Crippen molar-refractivity contribution in [1.82, 2.24) is 14.9 Å². The third-order valence-corrected chi connectivity index (χ3v) is 7.63. The van der Waals surface area contributed by atoms with Gasteiger partial charge in [0.25, 0.3) is 0 Å². The van der Waals surface area contributed by atoms with Gasteiger partial charge in [-0.1, -0.05) is 30.7 Å². The molecule has 5 rings (SSSR count). The van der Waals surface area contributed by atoms with Crippen molar-refractivity contribution in [3.63, 3.8) is 0 Å². The van der Waals surface area contributed by atoms with Crippen LogP contribution in [0.25, 0.3) is 11.1 Å². The van der Waals surface area contributed by atoms with Crippen molar-refractivity contribution >= 4 is 17.5 Å². The second-order valence-corrected chi connectivity index (χ2v) is 10.5. The molecule has 1 N–H and O–H groups in total. The van der Waals surface area contributed by atoms with Gasteiger partial charge in [-0.15, -0.1) is 0 Å². The summed E-state index contributed by atoms with van der Waals surface area (Å²) in [5, 5.41) is 3.52. The summed E-state index contributed by atoms with van der Waals surface area (Å²) in [6.45, 7) is 4.02. The number of ether oxygens (including phenoxy) is 1. The van der Waals surface area contributed by atoms with Gasteiger partial charge in [-0.2, -0.15) is 13.2 Å². The lowest BCUT2D eigenvalue weighted by Crippen LogP contribution is -2.31. The molecule has 10 heteroatoms. The Hall–Kier alpha value is -3.79. The number of carbonyl (C=O) groups excluding carboxylic acids is 1. The maximum absolute atomic E-state index is 13.5. The maximum atomic E-state index is 13.5. The van der Waals surface area contributed by atoms with Crippen molar-refractivity contribution in [2.75, 3.05) is 45.7 Å². The first kappa shape index (κ1) is 28.7. The summed E-state index contributed by atoms with van der Waals surface area (Å²) in [4.78, 5) is 27.8. The van der Waals surface area contributed by atoms with E-state index < -0.39 is 17.9 Å². The standard InChI is InChI=1S/C31H34F3N5O2/c1-35-28(31(32,33)34)21-9-6-8-20(16-21)17-26-37-25-19-23-18-22(30(40)41-2)10-11-24(23)27(25)29(38-26)36-12-7-15-39-13-4-3-5-14-39/h6,8-11,16,18H,3-5,7,12-15,17,19H2,1-2H3,(H,36,37,38). The molecule has 1 aliphatic heterocycles. The van der Waals surface area contributed by atoms with Crippen LogP contribution >= 0.6 is 0 Å². The second-order valence-electron chi connectivity index (χ2n) is 10.5. The first-order valence-corrected chi connectivity index (χ1v) is 14.0. The predicted octanol–water partition coefficient (Wildman–Crippen LogP) is 5.69. The van der Waals surface area contributed by atoms with Crippen molar-refractivity contribution in [2.24, 2.45) is 4.99 Å². The minimum absolute atomic E-state index is 0.0115. The van der Waals surface area contributed by atoms with Crippen molar-refractivity contribution in [2.45, 2.75) is 44.7 Å². The first-order valence-electron chi connectivity index (χ1n) is 14.0. The maximum Gasteiger partial charge on any atom is 0.433 e. The number of aliphatic imine (C=N–C) groups is 1. The van der Waals surface area contributed by atoms with Crippen LogP contribution in [0.3, 0.4) is 0 Å². The number of benzene rings is 2. The number of piperidine rings is 1. The third kappa shape index (κ3) is 6.59. The Labute approximate surface area is 237 Å². The molecule has 1 fully saturated rings. The summed E-state index contributed by atoms with van der Waals surface area (Å²) in [5.74, 6) is 0.818. The zero-order chi connectivity index (χ0) is 29.0. The number of esters is 1. The van der Waals surface area contributed by atoms with Crippen LogP contribution in [0.2, 0.25) is 0 Å². The van der Waals surface area contributed by atoms with Crippen molar-refractivity contribution in [3.8, 4) is 11.1 Å². The third-order valence-electron chi connectivity index (χ3n) is 7.63. The molecule has 0 radical (unpaired) electrons. The normalized spacial score (nSPS) is 15.4. The number of nitrogens with zero attached hydrogens (tertiary/aromatic N) is 4. The van der Waals surface area contributed by atoms with Crippen molar-refractivity contribution in [3.05, 3.63) is 76.2 Å². The highest BCUT2D eigenvalue weighted by atomic mass is 19.4. The number of hydrogen-bond donors (Lipinski definition) is 1. The number of carbonyl (C=O) groups is 1. The molecule has 0 bridgehead atoms. The molecule has 3 aromatic rings. The fraction of sp³-hybridized carbons (Fsp3) is 0.419. The molecular formula is C31H34F3N5O2. The molecule has 0 spiro atoms. The zero-order valence-corrected chi connectivity index (χ0v) is 23.4. The van der Waals surface area contributed by atoms with E-state index in [4.69, 9.17) is 14.7 Å². The van der Waals surface area contributed by atoms with E-state index in [9.17, 15) is 18.0 Å². The van der Waals surface area contributed by atoms with Gasteiger partial charge in [0.15, 0.2) is 0 Å². The number of alkyl halides is 3. The van der Waals surface area contributed by atoms with E-state index in [1.807, 2.05) is 12.1 Å². The van der Waals surface area contributed by atoms with Gasteiger partial charge in [0.05, 0.1) is 18.4 Å². The summed E-state index contributed by atoms with van der Waals surface area (Å²) in [6.07, 6.45) is 0.995. The monoisotopic (exact) mass is 565 g/mol. The molecule has 0 unspecified atom stereocenters. The van der Waals surface area contributed by atoms with Gasteiger partial charge in [0, 0.05) is 37.6 Å². The lowest BCUT2D eigenvalue weighted by molar-refractivity contribution is -0.0581. The molecular weight excluding hydrogens is 531 g/mol. The number of halogens is 3. The van der Waals surface area contributed by atoms with Gasteiger partial charge in [-0.25, -0.2) is 14.8 Å². The summed E-state index contributed by atoms with van der Waals surface area (Å²) in [5.41, 5.74) is 3.89. The summed E-state index contributed by atoms with van der Waals surface area (Å²) in [6, 6.07) is 11.7. The number of nitrogens with one attached hydrogen (secondary N) is 1. The molecule has 216 valence electrons. The molecule has 1 saturated heterocycles. The Morgan fingerprint density at radius 1 is 1.07 bits per heavy atom. The molecule has 0 saturated carbocycles. The molecule has 2 heterocycles. The van der Waals surface area contributed by atoms with Gasteiger partial charge in [-0.05, 0) is 73.8 Å². The number of anilines is 1. The van der Waals surface area contributed by atoms with E-state index in [2.05, 4.69) is 15.2 Å². The van der Waals surface area contributed by atoms with Crippen LogP contribution in [0.4, 0.5) is 19.0 Å². The van der Waals surface area contributed by atoms with Crippen LogP contribution in [0.15, 0.2) is 47.5 Å². The SMILES string of the molecule is CN=C(c1cccc(Cc2nc3c(c(NCCCN4CCCCC4)n2)-c2ccc(C(=O)OC)cc2C3)c1)C(F)(F)F. The molecule has 1 aromatic heterocycles. The van der Waals surface area contributed by atoms with E-state index in [-0.39, 0.29) is 12.0 Å². The lowest BCUT2D eigenvalue weighted by Gasteiger charge is -2.26. The minimum Gasteiger partial charge on any atom is -0.465 e. The average molecular weight is 566 g/mol. The highest BCUT2D eigenvalue weighted by Gasteiger charge is 2.36. The van der Waals surface area contributed by atoms with E-state index in [0.29, 0.717) is 29.2 Å². The second kappa shape index (κ2) is 12.4. The van der Waals surface area contributed by atoms with Gasteiger partial charge < -0.3 is 15.0 Å². The minimum atomic E-state index is -4.54. The molecule has 1 aliphatic carbocycles. The topological polar surface area (TPSA) is 79.7 Å². The quantitative estimate of drug-likeness (QED) is 0.160. The summed E-state index contributed by atoms with van der Waals surface area (Å²) < 4.78 is 45.3. The van der Waals surface area contributed by atoms with Crippen molar-refractivity contribution < 1.29 is 22.7 Å². The molecule has 2 aromatic carbocycles. The van der Waals surface area contributed by atoms with Crippen molar-refractivity contribution in [1.29, 1.82) is 0 Å². The average Bonchev–Trinajstić information content (AvgIpc) is 3.33. The van der Waals surface area contributed by atoms with Gasteiger partial charge >= 0.3 is 12.1 Å². The van der Waals surface area contributed by atoms with Crippen LogP contribution in [0.1, 0.15) is 64.2 Å². The first-order chi connectivity index (χ1) is 19.8. The number of fused-ring (bicyclic) bond motifs is 3. The van der Waals surface area contributed by atoms with Crippen LogP contribution in [-0.2, 0) is 17.6 Å². The van der Waals surface area contributed by atoms with Gasteiger partial charge in [-0.3, -0.25) is 4.99 Å². The van der Waals surface area contributed by atoms with Crippen LogP contribution < -0.4 is 5.32 Å². The van der Waals surface area contributed by atoms with Gasteiger partial charge in [0.2, 0.25) is 0 Å². The molecule has 0 atom stereocenters. The summed E-state index contributed by atoms with van der Waals surface area (Å²) >= 11 is 0. The number of rotatable bonds is 9. The van der Waals surface area contributed by atoms with Crippen LogP contribution in [0, 0.1) is 0 Å². The predicted molar refractivity (Wildman–Crippen MR) is 153 cm³/mol. The highest BCUT2D eigenvalue weighted by molar-refractivity contribution is 6.04. The number of methoxy groups -OCH3 is 1. The molecule has 41 heavy (non-hydrogen) atoms. The Bertz CT molecular complexity index is 1450. The fourth-order valence-corrected chi connectivity index (χ4v) is 5.71. The van der Waals surface area contributed by atoms with E-state index in [1.54, 1.807) is 18.2 Å². The fourth-order valence-electron chi connectivity index (χ4n) is 5.71. The highest BCUT2D eigenvalue weighted by Crippen LogP contribution is 2.40. The number of likely N-dealkylation sites (tertiary alicyclic amines) is 1. The number of aromatic nitrogens is 2. The molecule has 0 amide bonds. The zero-order valence-electron chi connectivity index (χ0n) is 23.4. The Morgan fingerprint density at radius 2 is 1.88 bits per heavy atom. The van der Waals surface area contributed by atoms with Gasteiger partial charge in [0.1, 0.15) is 17.4 Å². The Balaban J connectivity index is 1.42. The Kier molecular flexibility index (Phi) is 8.68. The Morgan fingerprint density at radius 3 is 2.61 bits per heavy atom. The van der Waals surface area contributed by atoms with Crippen LogP contribution in [-0.4, -0.2) is 73.1 Å². The van der Waals surface area contributed by atoms with E-state index in [1.165, 1.54) is 38.5 Å². The number of hydrogen-bond acceptors (Lipinski definition) is 7. The summed E-state index contributed by atoms with van der Waals surface area (Å²) in [7, 11) is 2.50. The van der Waals surface area contributed by atoms with Crippen LogP contribution in [0.5, 0.6) is 0 Å². The molecule has 7 nitrogen and oxygen atoms in total.